The second-order valence-electron chi connectivity index (χ2n) is 3.88. The number of imidazole rings is 1. The number of benzene rings is 1. The number of hydrogen-bond donors (Lipinski definition) is 0. The molecule has 0 saturated heterocycles. The van der Waals surface area contributed by atoms with Crippen molar-refractivity contribution in [1.29, 1.82) is 0 Å². The van der Waals surface area contributed by atoms with Crippen molar-refractivity contribution in [2.45, 2.75) is 0 Å². The van der Waals surface area contributed by atoms with Crippen LogP contribution < -0.4 is 0 Å². The minimum atomic E-state index is -0.400. The van der Waals surface area contributed by atoms with Gasteiger partial charge in [0.15, 0.2) is 4.96 Å². The van der Waals surface area contributed by atoms with E-state index in [-0.39, 0.29) is 5.82 Å². The fourth-order valence-electron chi connectivity index (χ4n) is 1.79. The quantitative estimate of drug-likeness (QED) is 0.676. The van der Waals surface area contributed by atoms with Crippen molar-refractivity contribution >= 4 is 22.3 Å². The van der Waals surface area contributed by atoms with Gasteiger partial charge in [-0.05, 0) is 12.1 Å². The highest BCUT2D eigenvalue weighted by atomic mass is 32.1. The smallest absolute Gasteiger partial charge is 0.349 e. The van der Waals surface area contributed by atoms with Crippen LogP contribution in [0.2, 0.25) is 0 Å². The van der Waals surface area contributed by atoms with Gasteiger partial charge >= 0.3 is 5.97 Å². The largest absolute Gasteiger partial charge is 0.465 e. The van der Waals surface area contributed by atoms with Crippen molar-refractivity contribution in [3.05, 3.63) is 47.4 Å². The van der Waals surface area contributed by atoms with E-state index in [9.17, 15) is 9.18 Å². The first-order valence-electron chi connectivity index (χ1n) is 5.51. The van der Waals surface area contributed by atoms with Gasteiger partial charge in [0.1, 0.15) is 10.7 Å². The summed E-state index contributed by atoms with van der Waals surface area (Å²) in [5.41, 5.74) is 0.985. The fourth-order valence-corrected chi connectivity index (χ4v) is 2.67. The molecule has 0 unspecified atom stereocenters. The normalized spacial score (nSPS) is 10.8. The van der Waals surface area contributed by atoms with E-state index in [1.165, 1.54) is 24.5 Å². The molecule has 96 valence electrons. The zero-order valence-electron chi connectivity index (χ0n) is 9.96. The number of esters is 1. The van der Waals surface area contributed by atoms with Crippen LogP contribution in [0.15, 0.2) is 36.7 Å². The molecule has 0 amide bonds. The van der Waals surface area contributed by atoms with Gasteiger partial charge in [0.05, 0.1) is 12.8 Å². The van der Waals surface area contributed by atoms with Crippen LogP contribution >= 0.6 is 11.3 Å². The van der Waals surface area contributed by atoms with E-state index in [1.54, 1.807) is 35.0 Å². The van der Waals surface area contributed by atoms with Crippen molar-refractivity contribution in [2.75, 3.05) is 7.11 Å². The molecule has 4 nitrogen and oxygen atoms in total. The summed E-state index contributed by atoms with van der Waals surface area (Å²) >= 11 is 1.21. The van der Waals surface area contributed by atoms with Gasteiger partial charge in [0.2, 0.25) is 0 Å². The standard InChI is InChI=1S/C13H9FN2O2S/c1-18-12(17)11-7-16-6-10(15-13(16)19-11)8-4-2-3-5-9(8)14/h2-7H,1H3. The molecule has 3 rings (SSSR count). The number of hydrogen-bond acceptors (Lipinski definition) is 4. The molecule has 0 aliphatic rings. The summed E-state index contributed by atoms with van der Waals surface area (Å²) in [6, 6.07) is 6.45. The Bertz CT molecular complexity index is 731. The summed E-state index contributed by atoms with van der Waals surface area (Å²) in [6.45, 7) is 0. The van der Waals surface area contributed by atoms with Gasteiger partial charge in [-0.3, -0.25) is 4.40 Å². The van der Waals surface area contributed by atoms with E-state index in [2.05, 4.69) is 9.72 Å². The average molecular weight is 276 g/mol. The number of carbonyl (C=O) groups is 1. The molecule has 0 bridgehead atoms. The molecule has 2 aromatic heterocycles. The first kappa shape index (κ1) is 11.9. The summed E-state index contributed by atoms with van der Waals surface area (Å²) in [7, 11) is 1.33. The zero-order chi connectivity index (χ0) is 13.4. The summed E-state index contributed by atoms with van der Waals surface area (Å²) in [5.74, 6) is -0.718. The highest BCUT2D eigenvalue weighted by molar-refractivity contribution is 7.18. The van der Waals surface area contributed by atoms with Crippen molar-refractivity contribution in [3.63, 3.8) is 0 Å². The Labute approximate surface area is 112 Å². The van der Waals surface area contributed by atoms with E-state index < -0.39 is 5.97 Å². The number of methoxy groups -OCH3 is 1. The summed E-state index contributed by atoms with van der Waals surface area (Å²) in [4.78, 5) is 16.8. The highest BCUT2D eigenvalue weighted by Crippen LogP contribution is 2.25. The molecule has 0 aliphatic carbocycles. The van der Waals surface area contributed by atoms with Gasteiger partial charge in [-0.25, -0.2) is 14.2 Å². The summed E-state index contributed by atoms with van der Waals surface area (Å²) in [5, 5.41) is 0. The maximum atomic E-state index is 13.7. The predicted molar refractivity (Wildman–Crippen MR) is 69.8 cm³/mol. The van der Waals surface area contributed by atoms with Crippen molar-refractivity contribution in [3.8, 4) is 11.3 Å². The van der Waals surface area contributed by atoms with Crippen LogP contribution in [0.4, 0.5) is 4.39 Å². The third kappa shape index (κ3) is 2.00. The van der Waals surface area contributed by atoms with Gasteiger partial charge in [-0.1, -0.05) is 23.5 Å². The molecule has 0 N–H and O–H groups in total. The number of aromatic nitrogens is 2. The monoisotopic (exact) mass is 276 g/mol. The topological polar surface area (TPSA) is 43.6 Å². The molecular formula is C13H9FN2O2S. The van der Waals surface area contributed by atoms with Crippen LogP contribution in [0.1, 0.15) is 9.67 Å². The lowest BCUT2D eigenvalue weighted by atomic mass is 10.1. The third-order valence-electron chi connectivity index (χ3n) is 2.69. The Hall–Kier alpha value is -2.21. The molecule has 0 atom stereocenters. The number of ether oxygens (including phenoxy) is 1. The Balaban J connectivity index is 2.07. The molecule has 0 fully saturated rings. The Morgan fingerprint density at radius 2 is 2.16 bits per heavy atom. The van der Waals surface area contributed by atoms with Crippen LogP contribution in [0.5, 0.6) is 0 Å². The van der Waals surface area contributed by atoms with E-state index in [4.69, 9.17) is 0 Å². The Morgan fingerprint density at radius 1 is 1.37 bits per heavy atom. The molecule has 6 heteroatoms. The highest BCUT2D eigenvalue weighted by Gasteiger charge is 2.14. The number of rotatable bonds is 2. The zero-order valence-corrected chi connectivity index (χ0v) is 10.8. The molecule has 0 spiro atoms. The third-order valence-corrected chi connectivity index (χ3v) is 3.67. The van der Waals surface area contributed by atoms with Gasteiger partial charge < -0.3 is 4.74 Å². The van der Waals surface area contributed by atoms with Crippen LogP contribution in [0.25, 0.3) is 16.2 Å². The lowest BCUT2D eigenvalue weighted by Gasteiger charge is -1.97. The van der Waals surface area contributed by atoms with E-state index in [0.29, 0.717) is 21.1 Å². The Morgan fingerprint density at radius 3 is 2.84 bits per heavy atom. The second-order valence-corrected chi connectivity index (χ2v) is 4.89. The first-order chi connectivity index (χ1) is 9.19. The van der Waals surface area contributed by atoms with Gasteiger partial charge in [-0.15, -0.1) is 0 Å². The number of thiazole rings is 1. The number of fused-ring (bicyclic) bond motifs is 1. The minimum Gasteiger partial charge on any atom is -0.465 e. The first-order valence-corrected chi connectivity index (χ1v) is 6.32. The second kappa shape index (κ2) is 4.47. The lowest BCUT2D eigenvalue weighted by Crippen LogP contribution is -1.97. The van der Waals surface area contributed by atoms with E-state index in [0.717, 1.165) is 0 Å². The minimum absolute atomic E-state index is 0.318. The SMILES string of the molecule is COC(=O)c1cn2cc(-c3ccccc3F)nc2s1. The van der Waals surface area contributed by atoms with Gasteiger partial charge in [-0.2, -0.15) is 0 Å². The maximum Gasteiger partial charge on any atom is 0.349 e. The van der Waals surface area contributed by atoms with Crippen LogP contribution in [-0.2, 0) is 4.74 Å². The molecular weight excluding hydrogens is 267 g/mol. The molecule has 0 saturated carbocycles. The van der Waals surface area contributed by atoms with Crippen LogP contribution in [-0.4, -0.2) is 22.5 Å². The molecule has 0 radical (unpaired) electrons. The lowest BCUT2D eigenvalue weighted by molar-refractivity contribution is 0.0606. The summed E-state index contributed by atoms with van der Waals surface area (Å²) in [6.07, 6.45) is 3.32. The average Bonchev–Trinajstić information content (AvgIpc) is 2.96. The number of halogens is 1. The van der Waals surface area contributed by atoms with Crippen LogP contribution in [0, 0.1) is 5.82 Å². The van der Waals surface area contributed by atoms with Gasteiger partial charge in [0.25, 0.3) is 0 Å². The predicted octanol–water partition coefficient (Wildman–Crippen LogP) is 2.99. The number of carbonyl (C=O) groups excluding carboxylic acids is 1. The van der Waals surface area contributed by atoms with Crippen molar-refractivity contribution in [2.24, 2.45) is 0 Å². The molecule has 1 aromatic carbocycles. The summed E-state index contributed by atoms with van der Waals surface area (Å²) < 4.78 is 20.0. The maximum absolute atomic E-state index is 13.7. The molecule has 0 aliphatic heterocycles. The number of nitrogens with zero attached hydrogens (tertiary/aromatic N) is 2. The van der Waals surface area contributed by atoms with Crippen molar-refractivity contribution < 1.29 is 13.9 Å². The Kier molecular flexibility index (Phi) is 2.79. The van der Waals surface area contributed by atoms with Crippen LogP contribution in [0.3, 0.4) is 0 Å². The fraction of sp³-hybridized carbons (Fsp3) is 0.0769. The van der Waals surface area contributed by atoms with E-state index in [1.807, 2.05) is 0 Å². The van der Waals surface area contributed by atoms with E-state index >= 15 is 0 Å². The van der Waals surface area contributed by atoms with Gasteiger partial charge in [0, 0.05) is 18.0 Å². The molecule has 19 heavy (non-hydrogen) atoms. The molecule has 2 heterocycles. The van der Waals surface area contributed by atoms with Crippen molar-refractivity contribution in [1.82, 2.24) is 9.38 Å². The molecule has 3 aromatic rings.